The molecule has 1 amide bonds. The number of hydrogen-bond donors (Lipinski definition) is 3. The number of guanidine groups is 1. The van der Waals surface area contributed by atoms with Crippen molar-refractivity contribution in [1.82, 2.24) is 25.8 Å². The molecule has 2 saturated heterocycles. The monoisotopic (exact) mass is 534 g/mol. The van der Waals surface area contributed by atoms with Gasteiger partial charge in [-0.15, -0.1) is 24.0 Å². The summed E-state index contributed by atoms with van der Waals surface area (Å²) in [5.41, 5.74) is 0. The van der Waals surface area contributed by atoms with E-state index >= 15 is 0 Å². The van der Waals surface area contributed by atoms with E-state index in [0.717, 1.165) is 44.4 Å². The van der Waals surface area contributed by atoms with E-state index in [0.29, 0.717) is 18.6 Å². The Morgan fingerprint density at radius 1 is 1.00 bits per heavy atom. The highest BCUT2D eigenvalue weighted by Gasteiger charge is 2.28. The third-order valence-corrected chi connectivity index (χ3v) is 7.02. The predicted molar refractivity (Wildman–Crippen MR) is 135 cm³/mol. The fourth-order valence-corrected chi connectivity index (χ4v) is 5.19. The molecule has 2 aliphatic heterocycles. The van der Waals surface area contributed by atoms with Gasteiger partial charge < -0.3 is 16.0 Å². The van der Waals surface area contributed by atoms with Crippen LogP contribution in [0.4, 0.5) is 0 Å². The van der Waals surface area contributed by atoms with Gasteiger partial charge in [0, 0.05) is 52.4 Å². The molecular formula is C22H43IN6O. The molecule has 1 atom stereocenters. The third kappa shape index (κ3) is 8.15. The molecule has 2 heterocycles. The van der Waals surface area contributed by atoms with Crippen LogP contribution in [0.15, 0.2) is 4.99 Å². The number of nitrogens with one attached hydrogen (secondary N) is 3. The topological polar surface area (TPSA) is 72.0 Å². The number of likely N-dealkylation sites (N-methyl/N-ethyl adjacent to an activating group) is 1. The number of piperidine rings is 1. The number of aliphatic imine (C=N–C) groups is 1. The molecular weight excluding hydrogens is 491 g/mol. The zero-order valence-electron chi connectivity index (χ0n) is 19.0. The highest BCUT2D eigenvalue weighted by atomic mass is 127. The minimum absolute atomic E-state index is 0. The van der Waals surface area contributed by atoms with Gasteiger partial charge in [0.25, 0.3) is 0 Å². The van der Waals surface area contributed by atoms with E-state index in [1.165, 1.54) is 58.0 Å². The number of amides is 1. The lowest BCUT2D eigenvalue weighted by Crippen LogP contribution is -2.51. The van der Waals surface area contributed by atoms with Crippen LogP contribution in [0.5, 0.6) is 0 Å². The molecule has 3 rings (SSSR count). The largest absolute Gasteiger partial charge is 0.358 e. The van der Waals surface area contributed by atoms with Crippen LogP contribution in [0.3, 0.4) is 0 Å². The first-order chi connectivity index (χ1) is 14.2. The molecule has 3 fully saturated rings. The summed E-state index contributed by atoms with van der Waals surface area (Å²) in [5.74, 6) is 1.95. The third-order valence-electron chi connectivity index (χ3n) is 7.02. The molecule has 3 aliphatic rings. The maximum atomic E-state index is 11.5. The molecule has 8 heteroatoms. The van der Waals surface area contributed by atoms with Crippen molar-refractivity contribution in [1.29, 1.82) is 0 Å². The quantitative estimate of drug-likeness (QED) is 0.265. The molecule has 0 spiro atoms. The number of halogens is 1. The van der Waals surface area contributed by atoms with Crippen LogP contribution in [0.2, 0.25) is 0 Å². The summed E-state index contributed by atoms with van der Waals surface area (Å²) in [5, 5.41) is 9.91. The van der Waals surface area contributed by atoms with Gasteiger partial charge >= 0.3 is 0 Å². The summed E-state index contributed by atoms with van der Waals surface area (Å²) in [4.78, 5) is 21.0. The van der Waals surface area contributed by atoms with Gasteiger partial charge in [0.2, 0.25) is 5.91 Å². The molecule has 7 nitrogen and oxygen atoms in total. The van der Waals surface area contributed by atoms with Gasteiger partial charge in [0.15, 0.2) is 5.96 Å². The molecule has 0 aromatic heterocycles. The fourth-order valence-electron chi connectivity index (χ4n) is 5.19. The zero-order chi connectivity index (χ0) is 20.5. The second-order valence-corrected chi connectivity index (χ2v) is 9.12. The summed E-state index contributed by atoms with van der Waals surface area (Å²) in [7, 11) is 3.57. The first-order valence-electron chi connectivity index (χ1n) is 11.8. The second-order valence-electron chi connectivity index (χ2n) is 9.12. The van der Waals surface area contributed by atoms with Crippen molar-refractivity contribution in [2.45, 2.75) is 69.9 Å². The van der Waals surface area contributed by atoms with Crippen LogP contribution in [-0.4, -0.2) is 87.1 Å². The van der Waals surface area contributed by atoms with E-state index in [1.807, 2.05) is 7.05 Å². The lowest BCUT2D eigenvalue weighted by atomic mass is 9.89. The normalized spacial score (nSPS) is 25.0. The van der Waals surface area contributed by atoms with Gasteiger partial charge in [-0.2, -0.15) is 0 Å². The molecule has 1 unspecified atom stereocenters. The Morgan fingerprint density at radius 2 is 1.73 bits per heavy atom. The van der Waals surface area contributed by atoms with Crippen molar-refractivity contribution in [3.63, 3.8) is 0 Å². The maximum Gasteiger partial charge on any atom is 0.233 e. The molecule has 0 aromatic carbocycles. The highest BCUT2D eigenvalue weighted by molar-refractivity contribution is 14.0. The Bertz CT molecular complexity index is 532. The second kappa shape index (κ2) is 13.7. The minimum Gasteiger partial charge on any atom is -0.358 e. The van der Waals surface area contributed by atoms with Crippen LogP contribution in [0, 0.1) is 5.92 Å². The van der Waals surface area contributed by atoms with Crippen molar-refractivity contribution < 1.29 is 4.79 Å². The van der Waals surface area contributed by atoms with E-state index in [1.54, 1.807) is 7.05 Å². The summed E-state index contributed by atoms with van der Waals surface area (Å²) < 4.78 is 0. The first kappa shape index (κ1) is 25.6. The van der Waals surface area contributed by atoms with Crippen LogP contribution in [-0.2, 0) is 4.79 Å². The predicted octanol–water partition coefficient (Wildman–Crippen LogP) is 2.02. The van der Waals surface area contributed by atoms with Gasteiger partial charge in [0.1, 0.15) is 0 Å². The smallest absolute Gasteiger partial charge is 0.233 e. The van der Waals surface area contributed by atoms with Gasteiger partial charge in [-0.1, -0.05) is 19.3 Å². The number of likely N-dealkylation sites (tertiary alicyclic amines) is 2. The average Bonchev–Trinajstić information content (AvgIpc) is 3.19. The fraction of sp³-hybridized carbons (Fsp3) is 0.909. The number of rotatable bonds is 7. The Labute approximate surface area is 200 Å². The number of carbonyl (C=O) groups excluding carboxylic acids is 1. The van der Waals surface area contributed by atoms with Crippen LogP contribution < -0.4 is 16.0 Å². The molecule has 0 bridgehead atoms. The van der Waals surface area contributed by atoms with Crippen molar-refractivity contribution in [2.24, 2.45) is 10.9 Å². The molecule has 1 aliphatic carbocycles. The van der Waals surface area contributed by atoms with Crippen LogP contribution in [0.1, 0.15) is 57.8 Å². The summed E-state index contributed by atoms with van der Waals surface area (Å²) in [6, 6.07) is 1.08. The van der Waals surface area contributed by atoms with Gasteiger partial charge in [0.05, 0.1) is 6.54 Å². The number of hydrogen-bond acceptors (Lipinski definition) is 4. The van der Waals surface area contributed by atoms with E-state index in [2.05, 4.69) is 30.7 Å². The van der Waals surface area contributed by atoms with Crippen molar-refractivity contribution in [3.8, 4) is 0 Å². The lowest BCUT2D eigenvalue weighted by Gasteiger charge is -2.33. The van der Waals surface area contributed by atoms with Crippen molar-refractivity contribution in [2.75, 3.05) is 53.4 Å². The Kier molecular flexibility index (Phi) is 11.7. The summed E-state index contributed by atoms with van der Waals surface area (Å²) in [6.45, 7) is 5.97. The highest BCUT2D eigenvalue weighted by Crippen LogP contribution is 2.27. The van der Waals surface area contributed by atoms with E-state index in [-0.39, 0.29) is 29.9 Å². The van der Waals surface area contributed by atoms with Crippen molar-refractivity contribution >= 4 is 35.8 Å². The van der Waals surface area contributed by atoms with Gasteiger partial charge in [-0.25, -0.2) is 0 Å². The molecule has 3 N–H and O–H groups in total. The Morgan fingerprint density at radius 3 is 2.40 bits per heavy atom. The summed E-state index contributed by atoms with van der Waals surface area (Å²) in [6.07, 6.45) is 11.9. The molecule has 174 valence electrons. The van der Waals surface area contributed by atoms with E-state index < -0.39 is 0 Å². The number of nitrogens with zero attached hydrogens (tertiary/aromatic N) is 3. The van der Waals surface area contributed by atoms with E-state index in [4.69, 9.17) is 0 Å². The lowest BCUT2D eigenvalue weighted by molar-refractivity contribution is -0.122. The zero-order valence-corrected chi connectivity index (χ0v) is 21.3. The van der Waals surface area contributed by atoms with E-state index in [9.17, 15) is 4.79 Å². The summed E-state index contributed by atoms with van der Waals surface area (Å²) >= 11 is 0. The Hall–Kier alpha value is -0.610. The molecule has 0 radical (unpaired) electrons. The standard InChI is InChI=1S/C22H42N6O.HI/c1-23-21(29)17-27-13-10-19(11-14-27)26-22(24-2)25-15-20-9-6-12-28(20)16-18-7-4-3-5-8-18;/h18-20H,3-17H2,1-2H3,(H,23,29)(H2,24,25,26);1H. The maximum absolute atomic E-state index is 11.5. The minimum atomic E-state index is 0. The first-order valence-corrected chi connectivity index (χ1v) is 11.8. The molecule has 1 saturated carbocycles. The molecule has 0 aromatic rings. The number of carbonyl (C=O) groups is 1. The van der Waals surface area contributed by atoms with Gasteiger partial charge in [-0.3, -0.25) is 19.6 Å². The molecule has 30 heavy (non-hydrogen) atoms. The van der Waals surface area contributed by atoms with Crippen molar-refractivity contribution in [3.05, 3.63) is 0 Å². The van der Waals surface area contributed by atoms with Gasteiger partial charge in [-0.05, 0) is 51.0 Å². The van der Waals surface area contributed by atoms with Crippen LogP contribution >= 0.6 is 24.0 Å². The Balaban J connectivity index is 0.00000320. The SMILES string of the molecule is CN=C(NCC1CCCN1CC1CCCCC1)NC1CCN(CC(=O)NC)CC1.I. The van der Waals surface area contributed by atoms with Crippen LogP contribution in [0.25, 0.3) is 0 Å². The average molecular weight is 535 g/mol.